The lowest BCUT2D eigenvalue weighted by molar-refractivity contribution is 0.219. The van der Waals surface area contributed by atoms with E-state index in [1.807, 2.05) is 6.26 Å². The Hall–Kier alpha value is -0.930. The Balaban J connectivity index is 2.17. The van der Waals surface area contributed by atoms with E-state index in [9.17, 15) is 0 Å². The lowest BCUT2D eigenvalue weighted by atomic mass is 9.95. The van der Waals surface area contributed by atoms with Gasteiger partial charge in [-0.3, -0.25) is 0 Å². The van der Waals surface area contributed by atoms with Gasteiger partial charge in [-0.25, -0.2) is 0 Å². The zero-order chi connectivity index (χ0) is 13.5. The third-order valence-corrected chi connectivity index (χ3v) is 4.12. The Bertz CT molecular complexity index is 413. The molecule has 0 fully saturated rings. The van der Waals surface area contributed by atoms with Crippen LogP contribution in [-0.2, 0) is 4.74 Å². The first-order chi connectivity index (χ1) is 9.35. The van der Waals surface area contributed by atoms with Crippen LogP contribution < -0.4 is 5.32 Å². The van der Waals surface area contributed by atoms with Crippen molar-refractivity contribution < 1.29 is 4.74 Å². The second-order valence-electron chi connectivity index (χ2n) is 4.83. The lowest BCUT2D eigenvalue weighted by Crippen LogP contribution is -2.25. The lowest BCUT2D eigenvalue weighted by Gasteiger charge is -2.25. The van der Waals surface area contributed by atoms with Crippen molar-refractivity contribution in [3.63, 3.8) is 0 Å². The van der Waals surface area contributed by atoms with Gasteiger partial charge in [0.15, 0.2) is 0 Å². The van der Waals surface area contributed by atoms with Crippen molar-refractivity contribution in [1.82, 2.24) is 5.32 Å². The maximum atomic E-state index is 5.50. The fourth-order valence-electron chi connectivity index (χ4n) is 2.34. The average Bonchev–Trinajstić information content (AvgIpc) is 2.49. The van der Waals surface area contributed by atoms with E-state index in [1.165, 1.54) is 16.0 Å². The fourth-order valence-corrected chi connectivity index (χ4v) is 2.75. The number of rotatable bonds is 6. The predicted octanol–water partition coefficient (Wildman–Crippen LogP) is 4.14. The van der Waals surface area contributed by atoms with Crippen molar-refractivity contribution in [1.29, 1.82) is 0 Å². The molecule has 1 heterocycles. The standard InChI is InChI=1S/C16H23NOS/c1-3-10-17-16(14-5-4-11-18-12-14)13-6-8-15(19-2)9-7-13/h6-9,12,16-17H,3-5,10-11H2,1-2H3. The van der Waals surface area contributed by atoms with Crippen molar-refractivity contribution in [2.45, 2.75) is 37.1 Å². The van der Waals surface area contributed by atoms with Gasteiger partial charge in [0.25, 0.3) is 0 Å². The summed E-state index contributed by atoms with van der Waals surface area (Å²) in [4.78, 5) is 1.31. The number of ether oxygens (including phenoxy) is 1. The average molecular weight is 277 g/mol. The summed E-state index contributed by atoms with van der Waals surface area (Å²) in [5.74, 6) is 0. The molecule has 1 aromatic rings. The number of benzene rings is 1. The van der Waals surface area contributed by atoms with E-state index >= 15 is 0 Å². The molecule has 104 valence electrons. The van der Waals surface area contributed by atoms with E-state index < -0.39 is 0 Å². The van der Waals surface area contributed by atoms with Gasteiger partial charge in [0.05, 0.1) is 18.9 Å². The van der Waals surface area contributed by atoms with Gasteiger partial charge < -0.3 is 10.1 Å². The first-order valence-electron chi connectivity index (χ1n) is 7.03. The molecular weight excluding hydrogens is 254 g/mol. The summed E-state index contributed by atoms with van der Waals surface area (Å²) in [7, 11) is 0. The van der Waals surface area contributed by atoms with Gasteiger partial charge >= 0.3 is 0 Å². The second kappa shape index (κ2) is 7.61. The summed E-state index contributed by atoms with van der Waals surface area (Å²) < 4.78 is 5.50. The molecule has 1 aliphatic rings. The molecule has 1 atom stereocenters. The number of hydrogen-bond donors (Lipinski definition) is 1. The van der Waals surface area contributed by atoms with Crippen molar-refractivity contribution in [3.05, 3.63) is 41.7 Å². The molecule has 3 heteroatoms. The molecule has 0 saturated carbocycles. The first-order valence-corrected chi connectivity index (χ1v) is 8.25. The smallest absolute Gasteiger partial charge is 0.0876 e. The van der Waals surface area contributed by atoms with Crippen LogP contribution in [0.5, 0.6) is 0 Å². The summed E-state index contributed by atoms with van der Waals surface area (Å²) in [6, 6.07) is 9.16. The normalized spacial score (nSPS) is 16.6. The number of thioether (sulfide) groups is 1. The molecule has 1 aliphatic heterocycles. The molecule has 0 spiro atoms. The highest BCUT2D eigenvalue weighted by atomic mass is 32.2. The quantitative estimate of drug-likeness (QED) is 0.790. The topological polar surface area (TPSA) is 21.3 Å². The van der Waals surface area contributed by atoms with Crippen LogP contribution >= 0.6 is 11.8 Å². The molecule has 0 amide bonds. The van der Waals surface area contributed by atoms with Gasteiger partial charge in [0, 0.05) is 4.90 Å². The minimum absolute atomic E-state index is 0.302. The third-order valence-electron chi connectivity index (χ3n) is 3.38. The van der Waals surface area contributed by atoms with E-state index in [0.29, 0.717) is 6.04 Å². The Morgan fingerprint density at radius 1 is 1.32 bits per heavy atom. The summed E-state index contributed by atoms with van der Waals surface area (Å²) in [6.07, 6.45) is 7.47. The van der Waals surface area contributed by atoms with E-state index in [1.54, 1.807) is 11.8 Å². The number of hydrogen-bond acceptors (Lipinski definition) is 3. The van der Waals surface area contributed by atoms with Crippen molar-refractivity contribution in [3.8, 4) is 0 Å². The maximum Gasteiger partial charge on any atom is 0.0876 e. The van der Waals surface area contributed by atoms with Crippen LogP contribution in [0.1, 0.15) is 37.8 Å². The van der Waals surface area contributed by atoms with Crippen LogP contribution in [-0.4, -0.2) is 19.4 Å². The van der Waals surface area contributed by atoms with E-state index in [4.69, 9.17) is 4.74 Å². The summed E-state index contributed by atoms with van der Waals surface area (Å²) >= 11 is 1.78. The highest BCUT2D eigenvalue weighted by molar-refractivity contribution is 7.98. The van der Waals surface area contributed by atoms with Gasteiger partial charge in [0.2, 0.25) is 0 Å². The van der Waals surface area contributed by atoms with E-state index in [-0.39, 0.29) is 0 Å². The molecule has 1 unspecified atom stereocenters. The minimum Gasteiger partial charge on any atom is -0.501 e. The molecule has 2 nitrogen and oxygen atoms in total. The molecule has 2 rings (SSSR count). The zero-order valence-corrected chi connectivity index (χ0v) is 12.6. The van der Waals surface area contributed by atoms with Crippen LogP contribution in [0.3, 0.4) is 0 Å². The molecule has 0 radical (unpaired) electrons. The van der Waals surface area contributed by atoms with Gasteiger partial charge in [-0.2, -0.15) is 0 Å². The second-order valence-corrected chi connectivity index (χ2v) is 5.71. The maximum absolute atomic E-state index is 5.50. The van der Waals surface area contributed by atoms with Crippen molar-refractivity contribution >= 4 is 11.8 Å². The Morgan fingerprint density at radius 3 is 2.68 bits per heavy atom. The molecular formula is C16H23NOS. The monoisotopic (exact) mass is 277 g/mol. The van der Waals surface area contributed by atoms with Gasteiger partial charge in [-0.15, -0.1) is 11.8 Å². The number of nitrogens with one attached hydrogen (secondary N) is 1. The van der Waals surface area contributed by atoms with Crippen molar-refractivity contribution in [2.24, 2.45) is 0 Å². The predicted molar refractivity (Wildman–Crippen MR) is 82.5 cm³/mol. The molecule has 19 heavy (non-hydrogen) atoms. The minimum atomic E-state index is 0.302. The van der Waals surface area contributed by atoms with E-state index in [0.717, 1.165) is 32.4 Å². The van der Waals surface area contributed by atoms with E-state index in [2.05, 4.69) is 42.8 Å². The molecule has 0 aromatic heterocycles. The summed E-state index contributed by atoms with van der Waals surface area (Å²) in [6.45, 7) is 4.09. The van der Waals surface area contributed by atoms with Crippen LogP contribution in [0.2, 0.25) is 0 Å². The molecule has 1 N–H and O–H groups in total. The summed E-state index contributed by atoms with van der Waals surface area (Å²) in [5, 5.41) is 3.64. The van der Waals surface area contributed by atoms with Gasteiger partial charge in [0.1, 0.15) is 0 Å². The van der Waals surface area contributed by atoms with Gasteiger partial charge in [-0.05, 0) is 55.3 Å². The van der Waals surface area contributed by atoms with Crippen molar-refractivity contribution in [2.75, 3.05) is 19.4 Å². The largest absolute Gasteiger partial charge is 0.501 e. The van der Waals surface area contributed by atoms with Crippen LogP contribution in [0.15, 0.2) is 41.0 Å². The Labute approximate surface area is 120 Å². The fraction of sp³-hybridized carbons (Fsp3) is 0.500. The highest BCUT2D eigenvalue weighted by Gasteiger charge is 2.18. The SMILES string of the molecule is CCCNC(C1=COCCC1)c1ccc(SC)cc1. The molecule has 1 aromatic carbocycles. The Morgan fingerprint density at radius 2 is 2.11 bits per heavy atom. The zero-order valence-electron chi connectivity index (χ0n) is 11.8. The Kier molecular flexibility index (Phi) is 5.80. The summed E-state index contributed by atoms with van der Waals surface area (Å²) in [5.41, 5.74) is 2.71. The van der Waals surface area contributed by atoms with Crippen LogP contribution in [0.25, 0.3) is 0 Å². The third kappa shape index (κ3) is 4.02. The first kappa shape index (κ1) is 14.5. The van der Waals surface area contributed by atoms with Gasteiger partial charge in [-0.1, -0.05) is 19.1 Å². The molecule has 0 aliphatic carbocycles. The highest BCUT2D eigenvalue weighted by Crippen LogP contribution is 2.29. The molecule has 0 saturated heterocycles. The molecule has 0 bridgehead atoms. The van der Waals surface area contributed by atoms with Crippen LogP contribution in [0, 0.1) is 0 Å². The van der Waals surface area contributed by atoms with Crippen LogP contribution in [0.4, 0.5) is 0 Å².